The third-order valence-corrected chi connectivity index (χ3v) is 3.28. The summed E-state index contributed by atoms with van der Waals surface area (Å²) in [6.07, 6.45) is 1.12. The molecule has 0 N–H and O–H groups in total. The van der Waals surface area contributed by atoms with E-state index >= 15 is 0 Å². The fourth-order valence-corrected chi connectivity index (χ4v) is 2.16. The van der Waals surface area contributed by atoms with Crippen molar-refractivity contribution in [2.75, 3.05) is 12.4 Å². The molecule has 1 atom stereocenters. The van der Waals surface area contributed by atoms with Gasteiger partial charge in [0.05, 0.1) is 5.60 Å². The van der Waals surface area contributed by atoms with Gasteiger partial charge in [0.25, 0.3) is 0 Å². The third kappa shape index (κ3) is 4.46. The summed E-state index contributed by atoms with van der Waals surface area (Å²) in [5, 5.41) is 1.07. The average molecular weight is 237 g/mol. The van der Waals surface area contributed by atoms with Crippen LogP contribution in [-0.4, -0.2) is 18.0 Å². The van der Waals surface area contributed by atoms with Crippen LogP contribution in [-0.2, 0) is 4.74 Å². The lowest BCUT2D eigenvalue weighted by Crippen LogP contribution is -2.28. The Balaban J connectivity index is 4.01. The van der Waals surface area contributed by atoms with Crippen LogP contribution >= 0.6 is 15.9 Å². The molecule has 74 valence electrons. The standard InChI is InChI=1S/C10H21BrO/c1-8(2)9(7-11)6-10(3,4)12-5/h8-9H,6-7H2,1-5H3. The number of rotatable bonds is 5. The lowest BCUT2D eigenvalue weighted by molar-refractivity contribution is -0.000358. The van der Waals surface area contributed by atoms with Gasteiger partial charge in [-0.25, -0.2) is 0 Å². The highest BCUT2D eigenvalue weighted by molar-refractivity contribution is 9.09. The molecular formula is C10H21BrO. The van der Waals surface area contributed by atoms with E-state index in [4.69, 9.17) is 4.74 Å². The van der Waals surface area contributed by atoms with Crippen LogP contribution in [0.1, 0.15) is 34.1 Å². The van der Waals surface area contributed by atoms with Crippen LogP contribution in [0, 0.1) is 11.8 Å². The molecule has 0 bridgehead atoms. The van der Waals surface area contributed by atoms with Crippen molar-refractivity contribution in [3.8, 4) is 0 Å². The van der Waals surface area contributed by atoms with E-state index in [0.717, 1.165) is 17.7 Å². The normalized spacial score (nSPS) is 15.2. The first kappa shape index (κ1) is 12.4. The fraction of sp³-hybridized carbons (Fsp3) is 1.00. The Morgan fingerprint density at radius 3 is 2.08 bits per heavy atom. The number of alkyl halides is 1. The summed E-state index contributed by atoms with van der Waals surface area (Å²) in [5.74, 6) is 1.43. The van der Waals surface area contributed by atoms with E-state index in [1.165, 1.54) is 0 Å². The number of ether oxygens (including phenoxy) is 1. The van der Waals surface area contributed by atoms with Crippen LogP contribution in [0.2, 0.25) is 0 Å². The molecule has 12 heavy (non-hydrogen) atoms. The number of hydrogen-bond donors (Lipinski definition) is 0. The quantitative estimate of drug-likeness (QED) is 0.665. The second-order valence-electron chi connectivity index (χ2n) is 4.33. The van der Waals surface area contributed by atoms with E-state index in [1.807, 2.05) is 0 Å². The van der Waals surface area contributed by atoms with E-state index in [1.54, 1.807) is 7.11 Å². The second kappa shape index (κ2) is 5.23. The second-order valence-corrected chi connectivity index (χ2v) is 4.97. The zero-order chi connectivity index (χ0) is 9.78. The number of hydrogen-bond acceptors (Lipinski definition) is 1. The van der Waals surface area contributed by atoms with Crippen molar-refractivity contribution >= 4 is 15.9 Å². The Kier molecular flexibility index (Phi) is 5.42. The van der Waals surface area contributed by atoms with Crippen molar-refractivity contribution < 1.29 is 4.74 Å². The van der Waals surface area contributed by atoms with Gasteiger partial charge in [-0.05, 0) is 32.1 Å². The van der Waals surface area contributed by atoms with Crippen LogP contribution in [0.5, 0.6) is 0 Å². The minimum absolute atomic E-state index is 0.0166. The van der Waals surface area contributed by atoms with Crippen molar-refractivity contribution in [2.45, 2.75) is 39.7 Å². The summed E-state index contributed by atoms with van der Waals surface area (Å²) in [6.45, 7) is 8.81. The van der Waals surface area contributed by atoms with Crippen molar-refractivity contribution in [2.24, 2.45) is 11.8 Å². The maximum Gasteiger partial charge on any atom is 0.0625 e. The topological polar surface area (TPSA) is 9.23 Å². The summed E-state index contributed by atoms with van der Waals surface area (Å²) in [6, 6.07) is 0. The van der Waals surface area contributed by atoms with Crippen molar-refractivity contribution in [1.29, 1.82) is 0 Å². The number of methoxy groups -OCH3 is 1. The van der Waals surface area contributed by atoms with Gasteiger partial charge in [0.15, 0.2) is 0 Å². The predicted molar refractivity (Wildman–Crippen MR) is 57.8 cm³/mol. The molecule has 0 spiro atoms. The van der Waals surface area contributed by atoms with Gasteiger partial charge < -0.3 is 4.74 Å². The van der Waals surface area contributed by atoms with Gasteiger partial charge in [0, 0.05) is 12.4 Å². The third-order valence-electron chi connectivity index (χ3n) is 2.45. The molecule has 0 rings (SSSR count). The lowest BCUT2D eigenvalue weighted by Gasteiger charge is -2.29. The first-order chi connectivity index (χ1) is 5.43. The molecule has 0 aliphatic rings. The molecule has 0 amide bonds. The fourth-order valence-electron chi connectivity index (χ4n) is 1.18. The molecule has 0 aromatic carbocycles. The maximum atomic E-state index is 5.40. The van der Waals surface area contributed by atoms with Crippen molar-refractivity contribution in [1.82, 2.24) is 0 Å². The molecule has 0 heterocycles. The SMILES string of the molecule is COC(C)(C)CC(CBr)C(C)C. The Labute approximate surface area is 85.0 Å². The minimum Gasteiger partial charge on any atom is -0.379 e. The van der Waals surface area contributed by atoms with Crippen LogP contribution in [0.15, 0.2) is 0 Å². The molecule has 1 nitrogen and oxygen atoms in total. The number of halogens is 1. The summed E-state index contributed by atoms with van der Waals surface area (Å²) in [5.41, 5.74) is 0.0166. The Hall–Kier alpha value is 0.440. The van der Waals surface area contributed by atoms with E-state index in [-0.39, 0.29) is 5.60 Å². The van der Waals surface area contributed by atoms with E-state index < -0.39 is 0 Å². The van der Waals surface area contributed by atoms with Gasteiger partial charge in [-0.1, -0.05) is 29.8 Å². The molecule has 2 heteroatoms. The first-order valence-electron chi connectivity index (χ1n) is 4.54. The van der Waals surface area contributed by atoms with Crippen LogP contribution in [0.25, 0.3) is 0 Å². The highest BCUT2D eigenvalue weighted by Crippen LogP contribution is 2.26. The molecule has 0 fully saturated rings. The zero-order valence-corrected chi connectivity index (χ0v) is 10.4. The van der Waals surface area contributed by atoms with Crippen LogP contribution in [0.3, 0.4) is 0 Å². The average Bonchev–Trinajstić information content (AvgIpc) is 2.00. The van der Waals surface area contributed by atoms with Gasteiger partial charge in [0.1, 0.15) is 0 Å². The minimum atomic E-state index is 0.0166. The molecule has 0 saturated heterocycles. The summed E-state index contributed by atoms with van der Waals surface area (Å²) in [4.78, 5) is 0. The van der Waals surface area contributed by atoms with E-state index in [9.17, 15) is 0 Å². The Morgan fingerprint density at radius 2 is 1.83 bits per heavy atom. The first-order valence-corrected chi connectivity index (χ1v) is 5.66. The largest absolute Gasteiger partial charge is 0.379 e. The zero-order valence-electron chi connectivity index (χ0n) is 8.86. The van der Waals surface area contributed by atoms with Gasteiger partial charge in [-0.2, -0.15) is 0 Å². The lowest BCUT2D eigenvalue weighted by atomic mass is 9.87. The molecule has 0 aliphatic carbocycles. The van der Waals surface area contributed by atoms with Crippen molar-refractivity contribution in [3.05, 3.63) is 0 Å². The molecule has 1 unspecified atom stereocenters. The van der Waals surface area contributed by atoms with Crippen LogP contribution < -0.4 is 0 Å². The van der Waals surface area contributed by atoms with E-state index in [0.29, 0.717) is 5.92 Å². The highest BCUT2D eigenvalue weighted by Gasteiger charge is 2.23. The molecule has 0 aromatic rings. The summed E-state index contributed by atoms with van der Waals surface area (Å²) >= 11 is 3.54. The smallest absolute Gasteiger partial charge is 0.0625 e. The van der Waals surface area contributed by atoms with Gasteiger partial charge in [-0.15, -0.1) is 0 Å². The Bertz CT molecular complexity index is 121. The maximum absolute atomic E-state index is 5.40. The molecule has 0 aliphatic heterocycles. The molecule has 0 radical (unpaired) electrons. The van der Waals surface area contributed by atoms with Gasteiger partial charge in [0.2, 0.25) is 0 Å². The monoisotopic (exact) mass is 236 g/mol. The predicted octanol–water partition coefficient (Wildman–Crippen LogP) is 3.47. The summed E-state index contributed by atoms with van der Waals surface area (Å²) < 4.78 is 5.40. The van der Waals surface area contributed by atoms with Crippen LogP contribution in [0.4, 0.5) is 0 Å². The summed E-state index contributed by atoms with van der Waals surface area (Å²) in [7, 11) is 1.78. The highest BCUT2D eigenvalue weighted by atomic mass is 79.9. The molecule has 0 saturated carbocycles. The van der Waals surface area contributed by atoms with Crippen molar-refractivity contribution in [3.63, 3.8) is 0 Å². The Morgan fingerprint density at radius 1 is 1.33 bits per heavy atom. The molecular weight excluding hydrogens is 216 g/mol. The van der Waals surface area contributed by atoms with E-state index in [2.05, 4.69) is 43.6 Å². The molecule has 0 aromatic heterocycles. The van der Waals surface area contributed by atoms with Gasteiger partial charge >= 0.3 is 0 Å². The van der Waals surface area contributed by atoms with Gasteiger partial charge in [-0.3, -0.25) is 0 Å².